The molecular weight excluding hydrogens is 184 g/mol. The van der Waals surface area contributed by atoms with Gasteiger partial charge in [-0.2, -0.15) is 0 Å². The quantitative estimate of drug-likeness (QED) is 0.566. The Morgan fingerprint density at radius 3 is 2.71 bits per heavy atom. The van der Waals surface area contributed by atoms with Crippen LogP contribution in [-0.2, 0) is 4.79 Å². The van der Waals surface area contributed by atoms with Crippen LogP contribution in [0.3, 0.4) is 0 Å². The van der Waals surface area contributed by atoms with Gasteiger partial charge in [0.1, 0.15) is 0 Å². The minimum atomic E-state index is -0.780. The Kier molecular flexibility index (Phi) is 3.47. The molecule has 1 heterocycles. The molecule has 1 atom stereocenters. The average molecular weight is 202 g/mol. The van der Waals surface area contributed by atoms with E-state index in [0.717, 1.165) is 13.0 Å². The van der Waals surface area contributed by atoms with E-state index in [4.69, 9.17) is 10.3 Å². The lowest BCUT2D eigenvalue weighted by Gasteiger charge is -2.26. The molecule has 1 aliphatic heterocycles. The van der Waals surface area contributed by atoms with E-state index in [-0.39, 0.29) is 6.04 Å². The first-order chi connectivity index (χ1) is 6.45. The summed E-state index contributed by atoms with van der Waals surface area (Å²) < 4.78 is 0. The Hall–Kier alpha value is -0.650. The van der Waals surface area contributed by atoms with Crippen molar-refractivity contribution in [2.24, 2.45) is 5.41 Å². The molecule has 3 N–H and O–H groups in total. The van der Waals surface area contributed by atoms with E-state index in [1.165, 1.54) is 0 Å². The number of hydrogen-bond acceptors (Lipinski definition) is 4. The highest BCUT2D eigenvalue weighted by Gasteiger charge is 2.32. The molecule has 0 amide bonds. The van der Waals surface area contributed by atoms with Crippen LogP contribution < -0.4 is 5.48 Å². The number of aliphatic carboxylic acids is 1. The first-order valence-electron chi connectivity index (χ1n) is 4.81. The number of rotatable bonds is 4. The molecule has 0 saturated carbocycles. The summed E-state index contributed by atoms with van der Waals surface area (Å²) in [5, 5.41) is 17.6. The summed E-state index contributed by atoms with van der Waals surface area (Å²) in [7, 11) is 0. The fraction of sp³-hybridized carbons (Fsp3) is 0.889. The summed E-state index contributed by atoms with van der Waals surface area (Å²) in [5.74, 6) is -0.780. The summed E-state index contributed by atoms with van der Waals surface area (Å²) in [6.45, 7) is 5.52. The molecule has 0 radical (unpaired) electrons. The monoisotopic (exact) mass is 202 g/mol. The maximum atomic E-state index is 10.9. The molecule has 82 valence electrons. The highest BCUT2D eigenvalue weighted by Crippen LogP contribution is 2.20. The molecule has 0 bridgehead atoms. The second-order valence-electron chi connectivity index (χ2n) is 4.54. The summed E-state index contributed by atoms with van der Waals surface area (Å²) in [4.78, 5) is 12.9. The van der Waals surface area contributed by atoms with Crippen molar-refractivity contribution in [3.8, 4) is 0 Å². The van der Waals surface area contributed by atoms with Crippen LogP contribution in [0.4, 0.5) is 0 Å². The van der Waals surface area contributed by atoms with Crippen LogP contribution in [0, 0.1) is 5.41 Å². The molecule has 5 nitrogen and oxygen atoms in total. The van der Waals surface area contributed by atoms with E-state index in [2.05, 4.69) is 10.4 Å². The zero-order valence-electron chi connectivity index (χ0n) is 8.66. The van der Waals surface area contributed by atoms with Crippen molar-refractivity contribution in [3.63, 3.8) is 0 Å². The maximum absolute atomic E-state index is 10.9. The van der Waals surface area contributed by atoms with Gasteiger partial charge in [-0.3, -0.25) is 4.79 Å². The lowest BCUT2D eigenvalue weighted by atomic mass is 9.93. The number of nitrogens with one attached hydrogen (secondary N) is 1. The van der Waals surface area contributed by atoms with Crippen LogP contribution in [-0.4, -0.2) is 46.9 Å². The fourth-order valence-electron chi connectivity index (χ4n) is 1.71. The van der Waals surface area contributed by atoms with Gasteiger partial charge >= 0.3 is 5.97 Å². The first kappa shape index (κ1) is 11.4. The second-order valence-corrected chi connectivity index (χ2v) is 4.54. The summed E-state index contributed by atoms with van der Waals surface area (Å²) in [6, 6.07) is 0.0830. The molecule has 0 aliphatic carbocycles. The Bertz CT molecular complexity index is 218. The van der Waals surface area contributed by atoms with E-state index in [9.17, 15) is 4.79 Å². The first-order valence-corrected chi connectivity index (χ1v) is 4.81. The van der Waals surface area contributed by atoms with Crippen LogP contribution in [0.1, 0.15) is 20.3 Å². The Labute approximate surface area is 83.7 Å². The number of likely N-dealkylation sites (tertiary alicyclic amines) is 1. The van der Waals surface area contributed by atoms with Crippen molar-refractivity contribution in [1.29, 1.82) is 0 Å². The van der Waals surface area contributed by atoms with Gasteiger partial charge in [0.2, 0.25) is 0 Å². The molecule has 14 heavy (non-hydrogen) atoms. The zero-order chi connectivity index (χ0) is 10.8. The topological polar surface area (TPSA) is 72.8 Å². The van der Waals surface area contributed by atoms with Crippen LogP contribution in [0.5, 0.6) is 0 Å². The summed E-state index contributed by atoms with van der Waals surface area (Å²) >= 11 is 0. The van der Waals surface area contributed by atoms with Gasteiger partial charge in [0.25, 0.3) is 0 Å². The largest absolute Gasteiger partial charge is 0.481 e. The predicted molar refractivity (Wildman–Crippen MR) is 51.2 cm³/mol. The van der Waals surface area contributed by atoms with Crippen LogP contribution in [0.25, 0.3) is 0 Å². The third-order valence-electron chi connectivity index (χ3n) is 2.65. The lowest BCUT2D eigenvalue weighted by Crippen LogP contribution is -2.39. The molecule has 1 unspecified atom stereocenters. The van der Waals surface area contributed by atoms with Gasteiger partial charge in [0.05, 0.1) is 5.41 Å². The molecule has 1 aliphatic rings. The molecule has 0 aromatic rings. The Morgan fingerprint density at radius 1 is 1.64 bits per heavy atom. The number of carboxylic acid groups (broad SMARTS) is 1. The van der Waals surface area contributed by atoms with Crippen molar-refractivity contribution < 1.29 is 15.1 Å². The highest BCUT2D eigenvalue weighted by molar-refractivity contribution is 5.73. The van der Waals surface area contributed by atoms with Crippen LogP contribution >= 0.6 is 0 Å². The predicted octanol–water partition coefficient (Wildman–Crippen LogP) is 0.150. The van der Waals surface area contributed by atoms with Gasteiger partial charge in [-0.05, 0) is 26.8 Å². The summed E-state index contributed by atoms with van der Waals surface area (Å²) in [5.41, 5.74) is 1.50. The third kappa shape index (κ3) is 2.67. The maximum Gasteiger partial charge on any atom is 0.310 e. The van der Waals surface area contributed by atoms with E-state index in [1.54, 1.807) is 13.8 Å². The van der Waals surface area contributed by atoms with E-state index in [0.29, 0.717) is 13.1 Å². The van der Waals surface area contributed by atoms with Crippen molar-refractivity contribution in [2.45, 2.75) is 26.3 Å². The number of nitrogens with zero attached hydrogens (tertiary/aromatic N) is 1. The highest BCUT2D eigenvalue weighted by atomic mass is 16.5. The van der Waals surface area contributed by atoms with Gasteiger partial charge in [-0.1, -0.05) is 0 Å². The van der Waals surface area contributed by atoms with Gasteiger partial charge in [0.15, 0.2) is 0 Å². The molecule has 0 spiro atoms. The standard InChI is InChI=1S/C9H18N2O3/c1-9(2,8(12)13)6-11-4-3-7(5-11)10-14/h7,10,14H,3-6H2,1-2H3,(H,12,13). The van der Waals surface area contributed by atoms with Crippen LogP contribution in [0.2, 0.25) is 0 Å². The normalized spacial score (nSPS) is 24.1. The van der Waals surface area contributed by atoms with Gasteiger partial charge in [0, 0.05) is 19.1 Å². The Balaban J connectivity index is 2.42. The molecular formula is C9H18N2O3. The van der Waals surface area contributed by atoms with Crippen LogP contribution in [0.15, 0.2) is 0 Å². The lowest BCUT2D eigenvalue weighted by molar-refractivity contribution is -0.147. The van der Waals surface area contributed by atoms with Crippen molar-refractivity contribution >= 4 is 5.97 Å². The zero-order valence-corrected chi connectivity index (χ0v) is 8.66. The second kappa shape index (κ2) is 4.25. The molecule has 0 aromatic carbocycles. The number of carbonyl (C=O) groups is 1. The Morgan fingerprint density at radius 2 is 2.29 bits per heavy atom. The molecule has 1 rings (SSSR count). The van der Waals surface area contributed by atoms with Crippen molar-refractivity contribution in [2.75, 3.05) is 19.6 Å². The summed E-state index contributed by atoms with van der Waals surface area (Å²) in [6.07, 6.45) is 0.867. The number of hydroxylamine groups is 1. The average Bonchev–Trinajstić information content (AvgIpc) is 2.51. The number of carboxylic acids is 1. The molecule has 0 aromatic heterocycles. The van der Waals surface area contributed by atoms with Gasteiger partial charge < -0.3 is 15.2 Å². The van der Waals surface area contributed by atoms with E-state index >= 15 is 0 Å². The van der Waals surface area contributed by atoms with E-state index < -0.39 is 11.4 Å². The van der Waals surface area contributed by atoms with Gasteiger partial charge in [-0.25, -0.2) is 5.48 Å². The fourth-order valence-corrected chi connectivity index (χ4v) is 1.71. The third-order valence-corrected chi connectivity index (χ3v) is 2.65. The minimum absolute atomic E-state index is 0.0830. The smallest absolute Gasteiger partial charge is 0.310 e. The molecule has 1 saturated heterocycles. The molecule has 1 fully saturated rings. The SMILES string of the molecule is CC(C)(CN1CCC(NO)C1)C(=O)O. The number of hydrogen-bond donors (Lipinski definition) is 3. The van der Waals surface area contributed by atoms with Gasteiger partial charge in [-0.15, -0.1) is 0 Å². The van der Waals surface area contributed by atoms with Crippen molar-refractivity contribution in [3.05, 3.63) is 0 Å². The van der Waals surface area contributed by atoms with E-state index in [1.807, 2.05) is 0 Å². The minimum Gasteiger partial charge on any atom is -0.481 e. The molecule has 5 heteroatoms. The van der Waals surface area contributed by atoms with Crippen molar-refractivity contribution in [1.82, 2.24) is 10.4 Å².